The van der Waals surface area contributed by atoms with Crippen LogP contribution in [0, 0.1) is 0 Å². The van der Waals surface area contributed by atoms with Gasteiger partial charge in [0.1, 0.15) is 5.84 Å². The fourth-order valence-electron chi connectivity index (χ4n) is 2.90. The molecule has 21 heavy (non-hydrogen) atoms. The van der Waals surface area contributed by atoms with Gasteiger partial charge in [0.2, 0.25) is 0 Å². The van der Waals surface area contributed by atoms with Gasteiger partial charge in [0, 0.05) is 18.5 Å². The van der Waals surface area contributed by atoms with Crippen molar-refractivity contribution in [3.63, 3.8) is 0 Å². The van der Waals surface area contributed by atoms with E-state index in [1.54, 1.807) is 0 Å². The van der Waals surface area contributed by atoms with Crippen LogP contribution < -0.4 is 0 Å². The van der Waals surface area contributed by atoms with Crippen LogP contribution in [0.5, 0.6) is 0 Å². The number of likely N-dealkylation sites (N-methyl/N-ethyl adjacent to an activating group) is 1. The molecule has 1 aliphatic heterocycles. The Morgan fingerprint density at radius 1 is 1.19 bits per heavy atom. The Morgan fingerprint density at radius 3 is 2.67 bits per heavy atom. The van der Waals surface area contributed by atoms with Crippen molar-refractivity contribution >= 4 is 23.1 Å². The topological polar surface area (TPSA) is 15.6 Å². The number of rotatable bonds is 2. The maximum Gasteiger partial charge on any atom is 0.105 e. The molecule has 0 spiro atoms. The van der Waals surface area contributed by atoms with E-state index in [4.69, 9.17) is 16.6 Å². The van der Waals surface area contributed by atoms with Gasteiger partial charge in [-0.15, -0.1) is 0 Å². The summed E-state index contributed by atoms with van der Waals surface area (Å²) in [6.45, 7) is 2.15. The van der Waals surface area contributed by atoms with Crippen molar-refractivity contribution in [3.8, 4) is 0 Å². The minimum atomic E-state index is 0.312. The number of nitrogens with zero attached hydrogens (tertiary/aromatic N) is 2. The van der Waals surface area contributed by atoms with Crippen LogP contribution in [0.4, 0.5) is 5.69 Å². The molecule has 0 fully saturated rings. The van der Waals surface area contributed by atoms with Crippen molar-refractivity contribution in [2.75, 3.05) is 7.05 Å². The van der Waals surface area contributed by atoms with E-state index in [9.17, 15) is 0 Å². The van der Waals surface area contributed by atoms with Crippen molar-refractivity contribution in [3.05, 3.63) is 64.7 Å². The lowest BCUT2D eigenvalue weighted by atomic mass is 9.97. The first kappa shape index (κ1) is 14.2. The molecule has 2 aromatic rings. The first-order valence-corrected chi connectivity index (χ1v) is 7.70. The Labute approximate surface area is 131 Å². The van der Waals surface area contributed by atoms with E-state index in [1.165, 1.54) is 11.1 Å². The first-order chi connectivity index (χ1) is 10.2. The van der Waals surface area contributed by atoms with Gasteiger partial charge in [-0.25, -0.2) is 4.99 Å². The molecule has 0 bridgehead atoms. The van der Waals surface area contributed by atoms with Gasteiger partial charge >= 0.3 is 0 Å². The van der Waals surface area contributed by atoms with E-state index in [1.807, 2.05) is 12.1 Å². The number of aliphatic imine (C=N–C) groups is 1. The van der Waals surface area contributed by atoms with E-state index in [0.29, 0.717) is 6.04 Å². The summed E-state index contributed by atoms with van der Waals surface area (Å²) in [7, 11) is 2.13. The van der Waals surface area contributed by atoms with Crippen molar-refractivity contribution in [1.82, 2.24) is 4.90 Å². The van der Waals surface area contributed by atoms with Crippen molar-refractivity contribution in [1.29, 1.82) is 0 Å². The van der Waals surface area contributed by atoms with Crippen LogP contribution in [0.1, 0.15) is 30.5 Å². The number of benzene rings is 2. The second-order valence-corrected chi connectivity index (χ2v) is 5.83. The molecule has 1 atom stereocenters. The van der Waals surface area contributed by atoms with Crippen LogP contribution in [-0.4, -0.2) is 17.8 Å². The van der Waals surface area contributed by atoms with Gasteiger partial charge < -0.3 is 4.90 Å². The van der Waals surface area contributed by atoms with Crippen LogP contribution in [-0.2, 0) is 6.42 Å². The Balaban J connectivity index is 2.09. The summed E-state index contributed by atoms with van der Waals surface area (Å²) in [6, 6.07) is 17.0. The monoisotopic (exact) mass is 298 g/mol. The van der Waals surface area contributed by atoms with E-state index in [0.717, 1.165) is 29.4 Å². The van der Waals surface area contributed by atoms with Gasteiger partial charge in [0.25, 0.3) is 0 Å². The van der Waals surface area contributed by atoms with Crippen LogP contribution in [0.25, 0.3) is 0 Å². The molecule has 0 N–H and O–H groups in total. The summed E-state index contributed by atoms with van der Waals surface area (Å²) in [4.78, 5) is 7.13. The molecule has 0 aliphatic carbocycles. The molecule has 2 nitrogen and oxygen atoms in total. The van der Waals surface area contributed by atoms with Gasteiger partial charge in [-0.05, 0) is 29.7 Å². The highest BCUT2D eigenvalue weighted by Crippen LogP contribution is 2.34. The predicted octanol–water partition coefficient (Wildman–Crippen LogP) is 5.01. The molecule has 0 amide bonds. The lowest BCUT2D eigenvalue weighted by Crippen LogP contribution is -2.30. The maximum absolute atomic E-state index is 6.13. The van der Waals surface area contributed by atoms with Crippen LogP contribution >= 0.6 is 11.6 Å². The van der Waals surface area contributed by atoms with Crippen molar-refractivity contribution in [2.24, 2.45) is 4.99 Å². The molecule has 2 aromatic carbocycles. The molecule has 0 saturated heterocycles. The number of hydrogen-bond acceptors (Lipinski definition) is 2. The Bertz CT molecular complexity index is 664. The largest absolute Gasteiger partial charge is 0.356 e. The third-order valence-electron chi connectivity index (χ3n) is 4.09. The smallest absolute Gasteiger partial charge is 0.105 e. The molecule has 0 saturated carbocycles. The summed E-state index contributed by atoms with van der Waals surface area (Å²) in [5.41, 5.74) is 3.58. The molecule has 0 aromatic heterocycles. The van der Waals surface area contributed by atoms with Crippen LogP contribution in [0.2, 0.25) is 5.02 Å². The minimum absolute atomic E-state index is 0.312. The fourth-order valence-corrected chi connectivity index (χ4v) is 3.07. The molecular formula is C18H19ClN2. The molecule has 3 heteroatoms. The average Bonchev–Trinajstić information content (AvgIpc) is 2.65. The molecule has 1 aliphatic rings. The number of amidine groups is 1. The standard InChI is InChI=1S/C18H19ClN2/c1-3-18-20-16-12-15(19)10-9-14(16)11-17(21(18)2)13-7-5-4-6-8-13/h4-10,12,17H,3,11H2,1-2H3. The third-order valence-corrected chi connectivity index (χ3v) is 4.32. The summed E-state index contributed by atoms with van der Waals surface area (Å²) in [6.07, 6.45) is 1.85. The number of hydrogen-bond donors (Lipinski definition) is 0. The van der Waals surface area contributed by atoms with Gasteiger partial charge in [-0.3, -0.25) is 0 Å². The zero-order valence-corrected chi connectivity index (χ0v) is 13.1. The highest BCUT2D eigenvalue weighted by molar-refractivity contribution is 6.30. The van der Waals surface area contributed by atoms with Gasteiger partial charge in [-0.2, -0.15) is 0 Å². The fraction of sp³-hybridized carbons (Fsp3) is 0.278. The summed E-state index contributed by atoms with van der Waals surface area (Å²) in [5.74, 6) is 1.10. The molecule has 1 unspecified atom stereocenters. The predicted molar refractivity (Wildman–Crippen MR) is 89.5 cm³/mol. The zero-order valence-electron chi connectivity index (χ0n) is 12.4. The Morgan fingerprint density at radius 2 is 1.95 bits per heavy atom. The number of fused-ring (bicyclic) bond motifs is 1. The summed E-state index contributed by atoms with van der Waals surface area (Å²) < 4.78 is 0. The van der Waals surface area contributed by atoms with E-state index >= 15 is 0 Å². The van der Waals surface area contributed by atoms with Gasteiger partial charge in [0.15, 0.2) is 0 Å². The lowest BCUT2D eigenvalue weighted by Gasteiger charge is -2.29. The highest BCUT2D eigenvalue weighted by Gasteiger charge is 2.24. The molecule has 1 heterocycles. The highest BCUT2D eigenvalue weighted by atomic mass is 35.5. The van der Waals surface area contributed by atoms with Gasteiger partial charge in [0.05, 0.1) is 11.7 Å². The summed E-state index contributed by atoms with van der Waals surface area (Å²) in [5, 5.41) is 0.744. The zero-order chi connectivity index (χ0) is 14.8. The van der Waals surface area contributed by atoms with E-state index in [2.05, 4.69) is 55.3 Å². The molecular weight excluding hydrogens is 280 g/mol. The summed E-state index contributed by atoms with van der Waals surface area (Å²) >= 11 is 6.13. The van der Waals surface area contributed by atoms with Crippen molar-refractivity contribution < 1.29 is 0 Å². The quantitative estimate of drug-likeness (QED) is 0.761. The van der Waals surface area contributed by atoms with E-state index < -0.39 is 0 Å². The third kappa shape index (κ3) is 2.81. The molecule has 3 rings (SSSR count). The molecule has 0 radical (unpaired) electrons. The second-order valence-electron chi connectivity index (χ2n) is 5.40. The Kier molecular flexibility index (Phi) is 3.98. The Hall–Kier alpha value is -1.80. The normalized spacial score (nSPS) is 18.0. The lowest BCUT2D eigenvalue weighted by molar-refractivity contribution is 0.370. The number of halogens is 1. The second kappa shape index (κ2) is 5.90. The van der Waals surface area contributed by atoms with Crippen LogP contribution in [0.3, 0.4) is 0 Å². The molecule has 108 valence electrons. The van der Waals surface area contributed by atoms with Crippen LogP contribution in [0.15, 0.2) is 53.5 Å². The van der Waals surface area contributed by atoms with Crippen molar-refractivity contribution in [2.45, 2.75) is 25.8 Å². The first-order valence-electron chi connectivity index (χ1n) is 7.33. The van der Waals surface area contributed by atoms with E-state index in [-0.39, 0.29) is 0 Å². The minimum Gasteiger partial charge on any atom is -0.356 e. The maximum atomic E-state index is 6.13. The average molecular weight is 299 g/mol. The van der Waals surface area contributed by atoms with Gasteiger partial charge in [-0.1, -0.05) is 54.9 Å². The SMILES string of the molecule is CCC1=Nc2cc(Cl)ccc2CC(c2ccccc2)N1C.